The molecule has 1 N–H and O–H groups in total. The zero-order valence-electron chi connectivity index (χ0n) is 16.8. The van der Waals surface area contributed by atoms with Crippen molar-refractivity contribution in [2.24, 2.45) is 0 Å². The summed E-state index contributed by atoms with van der Waals surface area (Å²) in [7, 11) is 0. The van der Waals surface area contributed by atoms with Crippen LogP contribution in [0.4, 0.5) is 18.9 Å². The van der Waals surface area contributed by atoms with Crippen LogP contribution in [0.15, 0.2) is 73.3 Å². The number of thiophene rings is 1. The van der Waals surface area contributed by atoms with Crippen molar-refractivity contribution in [2.75, 3.05) is 5.32 Å². The molecule has 0 aliphatic rings. The highest BCUT2D eigenvalue weighted by Crippen LogP contribution is 2.39. The first-order valence-electron chi connectivity index (χ1n) is 9.76. The minimum atomic E-state index is -4.65. The quantitative estimate of drug-likeness (QED) is 0.394. The first kappa shape index (κ1) is 20.9. The number of hydrogen-bond donors (Lipinski definition) is 1. The summed E-state index contributed by atoms with van der Waals surface area (Å²) in [5.74, 6) is -0.493. The van der Waals surface area contributed by atoms with Gasteiger partial charge in [0.2, 0.25) is 0 Å². The minimum absolute atomic E-state index is 0.107. The third kappa shape index (κ3) is 4.22. The molecule has 0 saturated carbocycles. The number of para-hydroxylation sites is 1. The van der Waals surface area contributed by atoms with Crippen LogP contribution in [-0.4, -0.2) is 30.5 Å². The third-order valence-corrected chi connectivity index (χ3v) is 5.99. The molecule has 5 aromatic rings. The summed E-state index contributed by atoms with van der Waals surface area (Å²) in [4.78, 5) is 17.1. The van der Waals surface area contributed by atoms with Gasteiger partial charge in [0, 0.05) is 11.1 Å². The molecule has 0 atom stereocenters. The van der Waals surface area contributed by atoms with Gasteiger partial charge in [-0.2, -0.15) is 23.4 Å². The molecule has 3 aromatic heterocycles. The standard InChI is InChI=1S/C22H15F3N6OS/c23-22(24,25)19-17-10-18(33-21(17)31(29-19)16-4-2-1-3-5-16)20(32)28-15-8-6-14(7-9-15)11-30-13-26-12-27-30/h1-10,12-13H,11H2,(H,28,32). The number of halogens is 3. The van der Waals surface area contributed by atoms with Crippen LogP contribution < -0.4 is 5.32 Å². The van der Waals surface area contributed by atoms with Gasteiger partial charge in [-0.05, 0) is 35.9 Å². The Labute approximate surface area is 189 Å². The van der Waals surface area contributed by atoms with Gasteiger partial charge in [0.15, 0.2) is 5.69 Å². The fraction of sp³-hybridized carbons (Fsp3) is 0.0909. The average Bonchev–Trinajstić information content (AvgIpc) is 3.52. The Balaban J connectivity index is 1.42. The summed E-state index contributed by atoms with van der Waals surface area (Å²) in [6, 6.07) is 16.9. The van der Waals surface area contributed by atoms with E-state index in [4.69, 9.17) is 0 Å². The number of benzene rings is 2. The Morgan fingerprint density at radius 3 is 2.48 bits per heavy atom. The van der Waals surface area contributed by atoms with Gasteiger partial charge in [0.05, 0.1) is 17.1 Å². The van der Waals surface area contributed by atoms with Crippen molar-refractivity contribution in [1.82, 2.24) is 24.5 Å². The number of nitrogens with one attached hydrogen (secondary N) is 1. The molecule has 0 fully saturated rings. The smallest absolute Gasteiger partial charge is 0.321 e. The van der Waals surface area contributed by atoms with Crippen LogP contribution >= 0.6 is 11.3 Å². The van der Waals surface area contributed by atoms with Crippen molar-refractivity contribution in [2.45, 2.75) is 12.7 Å². The van der Waals surface area contributed by atoms with Crippen molar-refractivity contribution in [1.29, 1.82) is 0 Å². The summed E-state index contributed by atoms with van der Waals surface area (Å²) < 4.78 is 43.7. The molecule has 0 aliphatic heterocycles. The SMILES string of the molecule is O=C(Nc1ccc(Cn2cncn2)cc1)c1cc2c(C(F)(F)F)nn(-c3ccccc3)c2s1. The third-order valence-electron chi connectivity index (χ3n) is 4.88. The number of rotatable bonds is 5. The van der Waals surface area contributed by atoms with Crippen LogP contribution in [0.25, 0.3) is 15.9 Å². The Bertz CT molecular complexity index is 1410. The summed E-state index contributed by atoms with van der Waals surface area (Å²) in [5, 5.41) is 10.4. The maximum atomic E-state index is 13.6. The van der Waals surface area contributed by atoms with E-state index in [2.05, 4.69) is 20.5 Å². The molecule has 0 saturated heterocycles. The zero-order valence-corrected chi connectivity index (χ0v) is 17.6. The van der Waals surface area contributed by atoms with E-state index >= 15 is 0 Å². The van der Waals surface area contributed by atoms with Gasteiger partial charge < -0.3 is 5.32 Å². The molecule has 2 aromatic carbocycles. The fourth-order valence-electron chi connectivity index (χ4n) is 3.36. The highest BCUT2D eigenvalue weighted by Gasteiger charge is 2.38. The number of amides is 1. The molecule has 0 spiro atoms. The van der Waals surface area contributed by atoms with Crippen molar-refractivity contribution in [3.8, 4) is 5.69 Å². The van der Waals surface area contributed by atoms with Crippen LogP contribution in [0, 0.1) is 0 Å². The Kier molecular flexibility index (Phi) is 5.17. The summed E-state index contributed by atoms with van der Waals surface area (Å²) in [6.45, 7) is 0.529. The Morgan fingerprint density at radius 1 is 1.06 bits per heavy atom. The lowest BCUT2D eigenvalue weighted by Crippen LogP contribution is -2.11. The zero-order chi connectivity index (χ0) is 23.0. The molecule has 0 unspecified atom stereocenters. The molecule has 0 aliphatic carbocycles. The van der Waals surface area contributed by atoms with Crippen molar-refractivity contribution >= 4 is 33.1 Å². The van der Waals surface area contributed by atoms with Gasteiger partial charge in [-0.3, -0.25) is 4.79 Å². The van der Waals surface area contributed by atoms with Gasteiger partial charge >= 0.3 is 6.18 Å². The number of alkyl halides is 3. The van der Waals surface area contributed by atoms with Crippen molar-refractivity contribution in [3.63, 3.8) is 0 Å². The molecule has 7 nitrogen and oxygen atoms in total. The summed E-state index contributed by atoms with van der Waals surface area (Å²) >= 11 is 0.959. The second-order valence-electron chi connectivity index (χ2n) is 7.17. The first-order valence-corrected chi connectivity index (χ1v) is 10.6. The maximum absolute atomic E-state index is 13.6. The van der Waals surface area contributed by atoms with Crippen LogP contribution in [-0.2, 0) is 12.7 Å². The van der Waals surface area contributed by atoms with Crippen LogP contribution in [0.1, 0.15) is 20.9 Å². The lowest BCUT2D eigenvalue weighted by atomic mass is 10.2. The van der Waals surface area contributed by atoms with Crippen LogP contribution in [0.5, 0.6) is 0 Å². The predicted octanol–water partition coefficient (Wildman–Crippen LogP) is 5.00. The largest absolute Gasteiger partial charge is 0.435 e. The second-order valence-corrected chi connectivity index (χ2v) is 8.20. The number of nitrogens with zero attached hydrogens (tertiary/aromatic N) is 5. The van der Waals surface area contributed by atoms with E-state index in [1.54, 1.807) is 53.5 Å². The molecular formula is C22H15F3N6OS. The average molecular weight is 468 g/mol. The monoisotopic (exact) mass is 468 g/mol. The van der Waals surface area contributed by atoms with E-state index < -0.39 is 17.8 Å². The normalized spacial score (nSPS) is 11.7. The molecule has 0 radical (unpaired) electrons. The molecule has 0 bridgehead atoms. The van der Waals surface area contributed by atoms with Crippen LogP contribution in [0.3, 0.4) is 0 Å². The van der Waals surface area contributed by atoms with Crippen molar-refractivity contribution in [3.05, 3.63) is 89.5 Å². The number of carbonyl (C=O) groups is 1. The first-order chi connectivity index (χ1) is 15.9. The van der Waals surface area contributed by atoms with Gasteiger partial charge in [-0.25, -0.2) is 14.3 Å². The number of hydrogen-bond acceptors (Lipinski definition) is 5. The molecule has 11 heteroatoms. The molecule has 5 rings (SSSR count). The maximum Gasteiger partial charge on any atom is 0.435 e. The molecule has 3 heterocycles. The van der Waals surface area contributed by atoms with Crippen molar-refractivity contribution < 1.29 is 18.0 Å². The Morgan fingerprint density at radius 2 is 1.82 bits per heavy atom. The predicted molar refractivity (Wildman–Crippen MR) is 117 cm³/mol. The molecule has 1 amide bonds. The fourth-order valence-corrected chi connectivity index (χ4v) is 4.39. The topological polar surface area (TPSA) is 77.6 Å². The van der Waals surface area contributed by atoms with Crippen LogP contribution in [0.2, 0.25) is 0 Å². The minimum Gasteiger partial charge on any atom is -0.321 e. The Hall–Kier alpha value is -3.99. The number of aromatic nitrogens is 5. The van der Waals surface area contributed by atoms with E-state index in [1.165, 1.54) is 17.1 Å². The van der Waals surface area contributed by atoms with E-state index in [9.17, 15) is 18.0 Å². The number of fused-ring (bicyclic) bond motifs is 1. The van der Waals surface area contributed by atoms with Gasteiger partial charge in [0.25, 0.3) is 5.91 Å². The van der Waals surface area contributed by atoms with E-state index in [1.807, 2.05) is 12.1 Å². The van der Waals surface area contributed by atoms with Gasteiger partial charge in [-0.1, -0.05) is 30.3 Å². The van der Waals surface area contributed by atoms with E-state index in [-0.39, 0.29) is 15.1 Å². The molecule has 166 valence electrons. The second kappa shape index (κ2) is 8.17. The highest BCUT2D eigenvalue weighted by molar-refractivity contribution is 7.20. The number of anilines is 1. The molecule has 33 heavy (non-hydrogen) atoms. The molecular weight excluding hydrogens is 453 g/mol. The lowest BCUT2D eigenvalue weighted by Gasteiger charge is -2.06. The van der Waals surface area contributed by atoms with Gasteiger partial charge in [-0.15, -0.1) is 11.3 Å². The summed E-state index contributed by atoms with van der Waals surface area (Å²) in [5.41, 5.74) is 0.947. The number of carbonyl (C=O) groups excluding carboxylic acids is 1. The summed E-state index contributed by atoms with van der Waals surface area (Å²) in [6.07, 6.45) is -1.60. The highest BCUT2D eigenvalue weighted by atomic mass is 32.1. The van der Waals surface area contributed by atoms with E-state index in [0.29, 0.717) is 17.9 Å². The van der Waals surface area contributed by atoms with Gasteiger partial charge in [0.1, 0.15) is 17.5 Å². The lowest BCUT2D eigenvalue weighted by molar-refractivity contribution is -0.140. The van der Waals surface area contributed by atoms with E-state index in [0.717, 1.165) is 16.9 Å².